The molecule has 36 heavy (non-hydrogen) atoms. The SMILES string of the molecule is COc1ccc(N2C(=S)N[C@@H](c3ccccn3)[C@H]2c2cccn2-c2cccc(C(F)(F)F)c2)cc1Cl. The smallest absolute Gasteiger partial charge is 0.416 e. The van der Waals surface area contributed by atoms with Crippen LogP contribution in [0.2, 0.25) is 5.02 Å². The summed E-state index contributed by atoms with van der Waals surface area (Å²) in [5.41, 5.74) is 1.83. The van der Waals surface area contributed by atoms with Crippen molar-refractivity contribution in [2.24, 2.45) is 0 Å². The van der Waals surface area contributed by atoms with Gasteiger partial charge >= 0.3 is 6.18 Å². The van der Waals surface area contributed by atoms with Crippen molar-refractivity contribution in [3.05, 3.63) is 107 Å². The molecule has 2 aromatic heterocycles. The number of alkyl halides is 3. The van der Waals surface area contributed by atoms with Crippen molar-refractivity contribution in [1.82, 2.24) is 14.9 Å². The highest BCUT2D eigenvalue weighted by Gasteiger charge is 2.42. The molecule has 5 rings (SSSR count). The lowest BCUT2D eigenvalue weighted by Crippen LogP contribution is -2.30. The standard InChI is InChI=1S/C26H20ClF3N4OS/c1-35-22-11-10-18(15-19(22)27)34-24(23(32-25(34)36)20-8-2-3-12-31-20)21-9-5-13-33(21)17-7-4-6-16(14-17)26(28,29)30/h2-15,23-24H,1H3,(H,32,36)/t23-,24+/m0/s1. The van der Waals surface area contributed by atoms with Crippen molar-refractivity contribution in [3.8, 4) is 11.4 Å². The van der Waals surface area contributed by atoms with Gasteiger partial charge < -0.3 is 19.5 Å². The van der Waals surface area contributed by atoms with Gasteiger partial charge in [-0.15, -0.1) is 0 Å². The van der Waals surface area contributed by atoms with Crippen LogP contribution in [0.4, 0.5) is 18.9 Å². The maximum Gasteiger partial charge on any atom is 0.416 e. The summed E-state index contributed by atoms with van der Waals surface area (Å²) in [6.45, 7) is 0. The minimum Gasteiger partial charge on any atom is -0.495 e. The zero-order chi connectivity index (χ0) is 25.4. The lowest BCUT2D eigenvalue weighted by molar-refractivity contribution is -0.137. The second kappa shape index (κ2) is 9.48. The second-order valence-electron chi connectivity index (χ2n) is 8.17. The quantitative estimate of drug-likeness (QED) is 0.291. The number of benzene rings is 2. The van der Waals surface area contributed by atoms with E-state index >= 15 is 0 Å². The van der Waals surface area contributed by atoms with Gasteiger partial charge in [0.1, 0.15) is 11.8 Å². The summed E-state index contributed by atoms with van der Waals surface area (Å²) in [6, 6.07) is 19.0. The molecule has 1 aliphatic heterocycles. The highest BCUT2D eigenvalue weighted by molar-refractivity contribution is 7.80. The molecule has 1 fully saturated rings. The average Bonchev–Trinajstić information content (AvgIpc) is 3.48. The topological polar surface area (TPSA) is 42.3 Å². The Labute approximate surface area is 216 Å². The van der Waals surface area contributed by atoms with E-state index in [2.05, 4.69) is 10.3 Å². The Bertz CT molecular complexity index is 1410. The average molecular weight is 529 g/mol. The fourth-order valence-electron chi connectivity index (χ4n) is 4.44. The molecule has 0 bridgehead atoms. The summed E-state index contributed by atoms with van der Waals surface area (Å²) >= 11 is 12.2. The maximum absolute atomic E-state index is 13.5. The van der Waals surface area contributed by atoms with Crippen LogP contribution in [-0.4, -0.2) is 21.8 Å². The normalized spacial score (nSPS) is 17.8. The molecule has 0 aliphatic carbocycles. The Hall–Kier alpha value is -3.56. The molecular weight excluding hydrogens is 509 g/mol. The molecule has 10 heteroatoms. The number of nitrogens with zero attached hydrogens (tertiary/aromatic N) is 3. The van der Waals surface area contributed by atoms with Crippen LogP contribution in [0, 0.1) is 0 Å². The Morgan fingerprint density at radius 1 is 1.00 bits per heavy atom. The first kappa shape index (κ1) is 24.1. The predicted octanol–water partition coefficient (Wildman–Crippen LogP) is 6.73. The number of aromatic nitrogens is 2. The van der Waals surface area contributed by atoms with E-state index in [9.17, 15) is 13.2 Å². The van der Waals surface area contributed by atoms with Crippen LogP contribution in [-0.2, 0) is 6.18 Å². The van der Waals surface area contributed by atoms with Gasteiger partial charge in [-0.25, -0.2) is 0 Å². The molecule has 1 N–H and O–H groups in total. The fourth-order valence-corrected chi connectivity index (χ4v) is 5.04. The molecule has 0 saturated carbocycles. The number of thiocarbonyl (C=S) groups is 1. The fraction of sp³-hybridized carbons (Fsp3) is 0.154. The number of hydrogen-bond donors (Lipinski definition) is 1. The summed E-state index contributed by atoms with van der Waals surface area (Å²) in [7, 11) is 1.53. The van der Waals surface area contributed by atoms with Crippen LogP contribution in [0.15, 0.2) is 85.2 Å². The molecule has 184 valence electrons. The van der Waals surface area contributed by atoms with E-state index in [0.717, 1.165) is 23.5 Å². The van der Waals surface area contributed by atoms with Crippen LogP contribution in [0.1, 0.15) is 29.0 Å². The van der Waals surface area contributed by atoms with Crippen molar-refractivity contribution in [2.45, 2.75) is 18.3 Å². The van der Waals surface area contributed by atoms with E-state index in [0.29, 0.717) is 27.3 Å². The molecule has 3 heterocycles. The molecule has 0 unspecified atom stereocenters. The first-order valence-corrected chi connectivity index (χ1v) is 11.8. The Morgan fingerprint density at radius 3 is 2.53 bits per heavy atom. The van der Waals surface area contributed by atoms with E-state index in [1.54, 1.807) is 41.2 Å². The van der Waals surface area contributed by atoms with E-state index in [4.69, 9.17) is 28.6 Å². The number of halogens is 4. The van der Waals surface area contributed by atoms with Gasteiger partial charge in [0.05, 0.1) is 29.4 Å². The van der Waals surface area contributed by atoms with Crippen LogP contribution < -0.4 is 15.0 Å². The molecular formula is C26H20ClF3N4OS. The van der Waals surface area contributed by atoms with Gasteiger partial charge in [-0.1, -0.05) is 23.7 Å². The van der Waals surface area contributed by atoms with Gasteiger partial charge in [0.25, 0.3) is 0 Å². The third kappa shape index (κ3) is 4.40. The molecule has 0 radical (unpaired) electrons. The maximum atomic E-state index is 13.5. The lowest BCUT2D eigenvalue weighted by Gasteiger charge is -2.29. The van der Waals surface area contributed by atoms with Crippen LogP contribution in [0.5, 0.6) is 5.75 Å². The Morgan fingerprint density at radius 2 is 1.83 bits per heavy atom. The number of pyridine rings is 1. The summed E-state index contributed by atoms with van der Waals surface area (Å²) < 4.78 is 47.4. The number of rotatable bonds is 5. The van der Waals surface area contributed by atoms with E-state index in [1.165, 1.54) is 13.2 Å². The van der Waals surface area contributed by atoms with Crippen molar-refractivity contribution in [3.63, 3.8) is 0 Å². The number of ether oxygens (including phenoxy) is 1. The molecule has 1 saturated heterocycles. The molecule has 4 aromatic rings. The Kier molecular flexibility index (Phi) is 6.36. The number of nitrogens with one attached hydrogen (secondary N) is 1. The lowest BCUT2D eigenvalue weighted by atomic mass is 10.0. The number of hydrogen-bond acceptors (Lipinski definition) is 3. The summed E-state index contributed by atoms with van der Waals surface area (Å²) in [6.07, 6.45) is -1.03. The second-order valence-corrected chi connectivity index (χ2v) is 8.96. The van der Waals surface area contributed by atoms with Crippen LogP contribution >= 0.6 is 23.8 Å². The van der Waals surface area contributed by atoms with Crippen molar-refractivity contribution in [2.75, 3.05) is 12.0 Å². The van der Waals surface area contributed by atoms with Crippen LogP contribution in [0.25, 0.3) is 5.69 Å². The van der Waals surface area contributed by atoms with E-state index in [-0.39, 0.29) is 6.04 Å². The minimum absolute atomic E-state index is 0.376. The highest BCUT2D eigenvalue weighted by atomic mass is 35.5. The first-order valence-electron chi connectivity index (χ1n) is 11.0. The Balaban J connectivity index is 1.66. The van der Waals surface area contributed by atoms with Crippen molar-refractivity contribution in [1.29, 1.82) is 0 Å². The first-order chi connectivity index (χ1) is 17.3. The largest absolute Gasteiger partial charge is 0.495 e. The molecule has 0 amide bonds. The molecule has 2 atom stereocenters. The monoisotopic (exact) mass is 528 g/mol. The van der Waals surface area contributed by atoms with Crippen molar-refractivity contribution < 1.29 is 17.9 Å². The van der Waals surface area contributed by atoms with E-state index < -0.39 is 17.8 Å². The van der Waals surface area contributed by atoms with Gasteiger partial charge in [-0.05, 0) is 72.9 Å². The summed E-state index contributed by atoms with van der Waals surface area (Å²) in [4.78, 5) is 6.43. The number of anilines is 1. The third-order valence-corrected chi connectivity index (χ3v) is 6.66. The van der Waals surface area contributed by atoms with Gasteiger partial charge in [-0.3, -0.25) is 4.98 Å². The zero-order valence-corrected chi connectivity index (χ0v) is 20.5. The summed E-state index contributed by atoms with van der Waals surface area (Å²) in [5.74, 6) is 0.517. The van der Waals surface area contributed by atoms with Gasteiger partial charge in [0.15, 0.2) is 5.11 Å². The highest BCUT2D eigenvalue weighted by Crippen LogP contribution is 2.44. The molecule has 1 aliphatic rings. The van der Waals surface area contributed by atoms with Crippen LogP contribution in [0.3, 0.4) is 0 Å². The molecule has 0 spiro atoms. The third-order valence-electron chi connectivity index (χ3n) is 6.05. The van der Waals surface area contributed by atoms with Gasteiger partial charge in [0, 0.05) is 29.5 Å². The molecule has 2 aromatic carbocycles. The van der Waals surface area contributed by atoms with Gasteiger partial charge in [0.2, 0.25) is 0 Å². The number of methoxy groups -OCH3 is 1. The van der Waals surface area contributed by atoms with Crippen molar-refractivity contribution >= 4 is 34.6 Å². The molecule has 5 nitrogen and oxygen atoms in total. The zero-order valence-electron chi connectivity index (χ0n) is 18.9. The van der Waals surface area contributed by atoms with E-state index in [1.807, 2.05) is 35.2 Å². The van der Waals surface area contributed by atoms with Gasteiger partial charge in [-0.2, -0.15) is 13.2 Å². The summed E-state index contributed by atoms with van der Waals surface area (Å²) in [5, 5.41) is 4.19. The predicted molar refractivity (Wildman–Crippen MR) is 137 cm³/mol. The minimum atomic E-state index is -4.46.